The Bertz CT molecular complexity index is 928. The lowest BCUT2D eigenvalue weighted by Gasteiger charge is -2.38. The second-order valence-corrected chi connectivity index (χ2v) is 9.52. The van der Waals surface area contributed by atoms with Crippen LogP contribution >= 0.6 is 0 Å². The van der Waals surface area contributed by atoms with E-state index >= 15 is 0 Å². The van der Waals surface area contributed by atoms with Crippen LogP contribution in [-0.4, -0.2) is 55.0 Å². The Kier molecular flexibility index (Phi) is 8.76. The summed E-state index contributed by atoms with van der Waals surface area (Å²) >= 11 is 0. The van der Waals surface area contributed by atoms with Crippen molar-refractivity contribution in [2.75, 3.05) is 20.2 Å². The van der Waals surface area contributed by atoms with E-state index < -0.39 is 17.8 Å². The first-order valence-electron chi connectivity index (χ1n) is 11.5. The number of methoxy groups -OCH3 is 1. The van der Waals surface area contributed by atoms with Gasteiger partial charge in [-0.1, -0.05) is 42.5 Å². The molecule has 3 rings (SSSR count). The predicted molar refractivity (Wildman–Crippen MR) is 130 cm³/mol. The van der Waals surface area contributed by atoms with E-state index in [2.05, 4.69) is 15.5 Å². The van der Waals surface area contributed by atoms with Crippen LogP contribution < -0.4 is 15.4 Å². The molecular weight excluding hydrogens is 434 g/mol. The van der Waals surface area contributed by atoms with Gasteiger partial charge >= 0.3 is 12.2 Å². The summed E-state index contributed by atoms with van der Waals surface area (Å²) in [6.45, 7) is 7.65. The Labute approximate surface area is 201 Å². The number of nitrogens with one attached hydrogen (secondary N) is 2. The van der Waals surface area contributed by atoms with Crippen LogP contribution in [0, 0.1) is 0 Å². The quantitative estimate of drug-likeness (QED) is 0.635. The van der Waals surface area contributed by atoms with Gasteiger partial charge in [-0.2, -0.15) is 0 Å². The summed E-state index contributed by atoms with van der Waals surface area (Å²) < 4.78 is 16.1. The van der Waals surface area contributed by atoms with E-state index in [1.807, 2.05) is 75.4 Å². The van der Waals surface area contributed by atoms with Crippen molar-refractivity contribution >= 4 is 12.2 Å². The van der Waals surface area contributed by atoms with Crippen LogP contribution in [0.15, 0.2) is 54.6 Å². The first-order chi connectivity index (χ1) is 16.2. The number of piperidine rings is 1. The number of carbonyl (C=O) groups excluding carboxylic acids is 2. The molecule has 184 valence electrons. The van der Waals surface area contributed by atoms with Gasteiger partial charge in [0.15, 0.2) is 0 Å². The molecule has 1 aliphatic heterocycles. The van der Waals surface area contributed by atoms with Gasteiger partial charge in [-0.25, -0.2) is 9.59 Å². The molecule has 0 unspecified atom stereocenters. The molecule has 1 heterocycles. The molecule has 1 aliphatic rings. The Balaban J connectivity index is 1.61. The van der Waals surface area contributed by atoms with Crippen LogP contribution in [0.5, 0.6) is 5.75 Å². The largest absolute Gasteiger partial charge is 0.497 e. The van der Waals surface area contributed by atoms with Crippen molar-refractivity contribution < 1.29 is 23.8 Å². The van der Waals surface area contributed by atoms with E-state index in [9.17, 15) is 9.59 Å². The van der Waals surface area contributed by atoms with Crippen LogP contribution in [0.2, 0.25) is 0 Å². The first kappa shape index (κ1) is 25.4. The third kappa shape index (κ3) is 8.59. The Hall–Kier alpha value is -3.26. The first-order valence-corrected chi connectivity index (χ1v) is 11.5. The Morgan fingerprint density at radius 3 is 2.12 bits per heavy atom. The topological polar surface area (TPSA) is 89.1 Å². The summed E-state index contributed by atoms with van der Waals surface area (Å²) in [5, 5.41) is 5.92. The molecule has 0 aliphatic carbocycles. The maximum Gasteiger partial charge on any atom is 0.407 e. The summed E-state index contributed by atoms with van der Waals surface area (Å²) in [5.74, 6) is 0.799. The molecule has 0 bridgehead atoms. The van der Waals surface area contributed by atoms with E-state index in [0.717, 1.165) is 16.9 Å². The number of alkyl carbamates (subject to hydrolysis) is 2. The molecule has 0 saturated carbocycles. The van der Waals surface area contributed by atoms with Crippen molar-refractivity contribution in [1.82, 2.24) is 15.5 Å². The van der Waals surface area contributed by atoms with Crippen molar-refractivity contribution in [1.29, 1.82) is 0 Å². The van der Waals surface area contributed by atoms with E-state index in [-0.39, 0.29) is 18.7 Å². The van der Waals surface area contributed by atoms with Gasteiger partial charge in [0.05, 0.1) is 7.11 Å². The van der Waals surface area contributed by atoms with Crippen LogP contribution in [0.3, 0.4) is 0 Å². The van der Waals surface area contributed by atoms with Gasteiger partial charge in [0, 0.05) is 31.7 Å². The molecule has 0 spiro atoms. The molecular formula is C26H35N3O5. The van der Waals surface area contributed by atoms with E-state index in [0.29, 0.717) is 26.1 Å². The zero-order valence-electron chi connectivity index (χ0n) is 20.4. The molecule has 2 amide bonds. The SMILES string of the molecule is COc1ccc(CN2C[C@@H](NC(=O)OCc3ccccc3)C[C@@H](NC(=O)OC(C)(C)C)C2)cc1. The minimum Gasteiger partial charge on any atom is -0.497 e. The number of hydrogen-bond acceptors (Lipinski definition) is 6. The number of rotatable bonds is 7. The Morgan fingerprint density at radius 2 is 1.53 bits per heavy atom. The van der Waals surface area contributed by atoms with Crippen molar-refractivity contribution in [3.63, 3.8) is 0 Å². The maximum atomic E-state index is 12.5. The minimum absolute atomic E-state index is 0.179. The maximum absolute atomic E-state index is 12.5. The van der Waals surface area contributed by atoms with Gasteiger partial charge in [0.25, 0.3) is 0 Å². The van der Waals surface area contributed by atoms with Gasteiger partial charge in [-0.3, -0.25) is 4.90 Å². The van der Waals surface area contributed by atoms with Crippen molar-refractivity contribution in [3.05, 3.63) is 65.7 Å². The van der Waals surface area contributed by atoms with E-state index in [1.54, 1.807) is 7.11 Å². The van der Waals surface area contributed by atoms with Gasteiger partial charge < -0.3 is 24.8 Å². The number of hydrogen-bond donors (Lipinski definition) is 2. The lowest BCUT2D eigenvalue weighted by molar-refractivity contribution is 0.0456. The molecule has 0 radical (unpaired) electrons. The molecule has 2 atom stereocenters. The monoisotopic (exact) mass is 469 g/mol. The highest BCUT2D eigenvalue weighted by Crippen LogP contribution is 2.18. The second kappa shape index (κ2) is 11.7. The standard InChI is InChI=1S/C26H35N3O5/c1-26(2,3)34-25(31)28-22-14-21(27-24(30)33-18-20-8-6-5-7-9-20)16-29(17-22)15-19-10-12-23(32-4)13-11-19/h5-13,21-22H,14-18H2,1-4H3,(H,27,30)(H,28,31)/t21-,22+/m0/s1. The Morgan fingerprint density at radius 1 is 0.912 bits per heavy atom. The number of benzene rings is 2. The van der Waals surface area contributed by atoms with Gasteiger partial charge in [-0.15, -0.1) is 0 Å². The van der Waals surface area contributed by atoms with Gasteiger partial charge in [0.1, 0.15) is 18.0 Å². The highest BCUT2D eigenvalue weighted by molar-refractivity contribution is 5.69. The fourth-order valence-electron chi connectivity index (χ4n) is 3.92. The van der Waals surface area contributed by atoms with Crippen molar-refractivity contribution in [2.24, 2.45) is 0 Å². The average molecular weight is 470 g/mol. The van der Waals surface area contributed by atoms with Crippen LogP contribution in [0.1, 0.15) is 38.3 Å². The van der Waals surface area contributed by atoms with E-state index in [1.165, 1.54) is 0 Å². The predicted octanol–water partition coefficient (Wildman–Crippen LogP) is 4.09. The molecule has 8 heteroatoms. The zero-order valence-corrected chi connectivity index (χ0v) is 20.4. The molecule has 8 nitrogen and oxygen atoms in total. The molecule has 2 N–H and O–H groups in total. The number of nitrogens with zero attached hydrogens (tertiary/aromatic N) is 1. The van der Waals surface area contributed by atoms with Crippen LogP contribution in [-0.2, 0) is 22.6 Å². The summed E-state index contributed by atoms with van der Waals surface area (Å²) in [5.41, 5.74) is 1.46. The van der Waals surface area contributed by atoms with Crippen LogP contribution in [0.25, 0.3) is 0 Å². The molecule has 0 aromatic heterocycles. The van der Waals surface area contributed by atoms with Crippen molar-refractivity contribution in [2.45, 2.75) is 58.0 Å². The second-order valence-electron chi connectivity index (χ2n) is 9.52. The summed E-state index contributed by atoms with van der Waals surface area (Å²) in [6, 6.07) is 17.1. The van der Waals surface area contributed by atoms with Gasteiger partial charge in [-0.05, 0) is 50.5 Å². The fourth-order valence-corrected chi connectivity index (χ4v) is 3.92. The summed E-state index contributed by atoms with van der Waals surface area (Å²) in [7, 11) is 1.64. The van der Waals surface area contributed by atoms with E-state index in [4.69, 9.17) is 14.2 Å². The minimum atomic E-state index is -0.583. The number of carbonyl (C=O) groups is 2. The molecule has 1 fully saturated rings. The lowest BCUT2D eigenvalue weighted by atomic mass is 10.00. The number of likely N-dealkylation sites (tertiary alicyclic amines) is 1. The molecule has 34 heavy (non-hydrogen) atoms. The normalized spacial score (nSPS) is 18.6. The highest BCUT2D eigenvalue weighted by Gasteiger charge is 2.31. The third-order valence-corrected chi connectivity index (χ3v) is 5.35. The van der Waals surface area contributed by atoms with Crippen LogP contribution in [0.4, 0.5) is 9.59 Å². The molecule has 2 aromatic carbocycles. The lowest BCUT2D eigenvalue weighted by Crippen LogP contribution is -2.57. The van der Waals surface area contributed by atoms with Gasteiger partial charge in [0.2, 0.25) is 0 Å². The molecule has 1 saturated heterocycles. The zero-order chi connectivity index (χ0) is 24.6. The fraction of sp³-hybridized carbons (Fsp3) is 0.462. The number of ether oxygens (including phenoxy) is 3. The highest BCUT2D eigenvalue weighted by atomic mass is 16.6. The smallest absolute Gasteiger partial charge is 0.407 e. The van der Waals surface area contributed by atoms with Crippen molar-refractivity contribution in [3.8, 4) is 5.75 Å². The summed E-state index contributed by atoms with van der Waals surface area (Å²) in [6.07, 6.45) is -0.357. The average Bonchev–Trinajstić information content (AvgIpc) is 2.77. The molecule has 2 aromatic rings. The third-order valence-electron chi connectivity index (χ3n) is 5.35. The summed E-state index contributed by atoms with van der Waals surface area (Å²) in [4.78, 5) is 27.0. The number of amides is 2.